The molecule has 1 saturated heterocycles. The van der Waals surface area contributed by atoms with Crippen LogP contribution in [0.3, 0.4) is 0 Å². The minimum atomic E-state index is -0.937. The van der Waals surface area contributed by atoms with Crippen molar-refractivity contribution in [3.8, 4) is 21.2 Å². The van der Waals surface area contributed by atoms with E-state index in [2.05, 4.69) is 58.1 Å². The predicted molar refractivity (Wildman–Crippen MR) is 302 cm³/mol. The molecule has 0 saturated carbocycles. The van der Waals surface area contributed by atoms with Crippen molar-refractivity contribution >= 4 is 69.2 Å². The fourth-order valence-electron chi connectivity index (χ4n) is 9.51. The van der Waals surface area contributed by atoms with Crippen LogP contribution in [0.2, 0.25) is 5.02 Å². The molecule has 2 aliphatic rings. The van der Waals surface area contributed by atoms with Gasteiger partial charge in [-0.3, -0.25) is 28.7 Å². The number of rotatable bonds is 23. The van der Waals surface area contributed by atoms with Crippen LogP contribution < -0.4 is 15.4 Å². The van der Waals surface area contributed by atoms with Gasteiger partial charge in [-0.15, -0.1) is 32.9 Å². The Morgan fingerprint density at radius 2 is 1.56 bits per heavy atom. The number of nitrogens with one attached hydrogen (secondary N) is 2. The first kappa shape index (κ1) is 57.0. The minimum Gasteiger partial charge on any atom is -0.494 e. The molecule has 408 valence electrons. The lowest BCUT2D eigenvalue weighted by Gasteiger charge is -2.35. The monoisotopic (exact) mass is 1100 g/mol. The number of thiophene rings is 1. The Hall–Kier alpha value is -6.15. The van der Waals surface area contributed by atoms with Crippen molar-refractivity contribution in [2.45, 2.75) is 124 Å². The van der Waals surface area contributed by atoms with E-state index in [9.17, 15) is 24.3 Å². The molecule has 0 bridgehead atoms. The molecule has 5 heterocycles. The molecule has 2 aliphatic heterocycles. The van der Waals surface area contributed by atoms with Crippen molar-refractivity contribution in [2.24, 2.45) is 10.4 Å². The van der Waals surface area contributed by atoms with Gasteiger partial charge >= 0.3 is 0 Å². The zero-order chi connectivity index (χ0) is 55.0. The highest BCUT2D eigenvalue weighted by Gasteiger charge is 2.44. The first-order valence-corrected chi connectivity index (χ1v) is 28.3. The fraction of sp³-hybridized carbons (Fsp3) is 0.448. The number of aliphatic hydroxyl groups is 1. The lowest BCUT2D eigenvalue weighted by Crippen LogP contribution is -2.57. The largest absolute Gasteiger partial charge is 0.494 e. The maximum atomic E-state index is 14.0. The summed E-state index contributed by atoms with van der Waals surface area (Å²) in [6.45, 7) is 17.3. The minimum absolute atomic E-state index is 0.0220. The number of fused-ring (bicyclic) bond motifs is 3. The van der Waals surface area contributed by atoms with Gasteiger partial charge < -0.3 is 34.9 Å². The number of likely N-dealkylation sites (tertiary alicyclic amines) is 1. The number of aromatic nitrogens is 4. The number of benzene rings is 3. The highest BCUT2D eigenvalue weighted by molar-refractivity contribution is 7.15. The van der Waals surface area contributed by atoms with Crippen molar-refractivity contribution in [3.05, 3.63) is 128 Å². The normalized spacial score (nSPS) is 16.6. The van der Waals surface area contributed by atoms with E-state index in [-0.39, 0.29) is 56.6 Å². The van der Waals surface area contributed by atoms with Crippen molar-refractivity contribution in [1.29, 1.82) is 0 Å². The van der Waals surface area contributed by atoms with Crippen LogP contribution in [0.5, 0.6) is 5.75 Å². The number of aliphatic imine (C=N–C) groups is 1. The number of ketones is 1. The Kier molecular flexibility index (Phi) is 18.9. The number of β-amino-alcohol motifs (C(OH)–C–C–N with tert-alkyl or cyclic N) is 1. The Morgan fingerprint density at radius 1 is 0.870 bits per heavy atom. The average molecular weight is 1110 g/mol. The molecule has 3 N–H and O–H groups in total. The number of hydrogen-bond donors (Lipinski definition) is 3. The van der Waals surface area contributed by atoms with Gasteiger partial charge in [0, 0.05) is 78.3 Å². The molecule has 3 aromatic carbocycles. The van der Waals surface area contributed by atoms with E-state index in [0.717, 1.165) is 54.9 Å². The Morgan fingerprint density at radius 3 is 2.23 bits per heavy atom. The van der Waals surface area contributed by atoms with E-state index in [4.69, 9.17) is 30.8 Å². The van der Waals surface area contributed by atoms with Gasteiger partial charge in [-0.25, -0.2) is 4.98 Å². The average Bonchev–Trinajstić information content (AvgIpc) is 4.35. The van der Waals surface area contributed by atoms with Gasteiger partial charge in [0.1, 0.15) is 35.3 Å². The van der Waals surface area contributed by atoms with Gasteiger partial charge in [-0.05, 0) is 92.1 Å². The van der Waals surface area contributed by atoms with Crippen molar-refractivity contribution in [3.63, 3.8) is 0 Å². The third-order valence-electron chi connectivity index (χ3n) is 13.7. The Labute approximate surface area is 463 Å². The summed E-state index contributed by atoms with van der Waals surface area (Å²) in [5.41, 5.74) is 8.64. The molecule has 8 rings (SSSR count). The second-order valence-corrected chi connectivity index (χ2v) is 23.6. The summed E-state index contributed by atoms with van der Waals surface area (Å²) in [6.07, 6.45) is 1.28. The molecule has 77 heavy (non-hydrogen) atoms. The zero-order valence-electron chi connectivity index (χ0n) is 45.1. The molecule has 0 aliphatic carbocycles. The topological polar surface area (TPSA) is 199 Å². The number of carbonyl (C=O) groups is 4. The summed E-state index contributed by atoms with van der Waals surface area (Å²) < 4.78 is 19.5. The van der Waals surface area contributed by atoms with Gasteiger partial charge in [0.05, 0.1) is 47.0 Å². The standard InChI is InChI=1S/C58H69ClN8O8S2/c1-34(2)54-64-65-55-45(62-51(39-16-18-41(59)19-17-39)50-35(3)37(5)77-57(50)67(54)55)30-48(70)61-42-20-22-44(23-21-42)75-28-10-26-73-25-9-27-74-32-49(71)63-53(58(6,7)8)56(72)66-31-43(68)29-46(66)47(69)24-13-38-11-14-40(15-12-38)52-36(4)60-33-76-52/h11-12,14-23,33-34,43,45-46,53,68H,9-10,13,24-32H2,1-8H3,(H,61,70)(H,63,71)/t43-,45?,46+,53-/m1/s1. The van der Waals surface area contributed by atoms with Crippen molar-refractivity contribution in [2.75, 3.05) is 44.9 Å². The number of thiazole rings is 1. The zero-order valence-corrected chi connectivity index (χ0v) is 47.4. The molecule has 3 amide bonds. The van der Waals surface area contributed by atoms with E-state index in [1.807, 2.05) is 93.9 Å². The molecular weight excluding hydrogens is 1040 g/mol. The van der Waals surface area contributed by atoms with Crippen LogP contribution in [0.4, 0.5) is 5.69 Å². The first-order valence-electron chi connectivity index (χ1n) is 26.2. The van der Waals surface area contributed by atoms with Gasteiger partial charge in [0.15, 0.2) is 11.6 Å². The van der Waals surface area contributed by atoms with Crippen LogP contribution in [0.15, 0.2) is 83.3 Å². The number of Topliss-reactive ketones (excluding diaryl/α,β-unsaturated/α-hetero) is 1. The third-order valence-corrected chi connectivity index (χ3v) is 16.2. The second kappa shape index (κ2) is 25.5. The molecule has 1 fully saturated rings. The quantitative estimate of drug-likeness (QED) is 0.0516. The number of aliphatic hydroxyl groups excluding tert-OH is 1. The fourth-order valence-corrected chi connectivity index (χ4v) is 11.6. The number of halogens is 1. The molecule has 4 atom stereocenters. The summed E-state index contributed by atoms with van der Waals surface area (Å²) >= 11 is 9.55. The summed E-state index contributed by atoms with van der Waals surface area (Å²) in [6, 6.07) is 20.6. The highest BCUT2D eigenvalue weighted by atomic mass is 35.5. The molecule has 1 unspecified atom stereocenters. The second-order valence-electron chi connectivity index (χ2n) is 21.1. The Balaban J connectivity index is 0.733. The predicted octanol–water partition coefficient (Wildman–Crippen LogP) is 9.96. The van der Waals surface area contributed by atoms with E-state index < -0.39 is 41.5 Å². The summed E-state index contributed by atoms with van der Waals surface area (Å²) in [5.74, 6) is 0.984. The molecule has 19 heteroatoms. The van der Waals surface area contributed by atoms with E-state index in [0.29, 0.717) is 61.4 Å². The SMILES string of the molecule is Cc1ncsc1-c1ccc(CCC(=O)[C@@H]2C[C@@H](O)CN2C(=O)[C@@H](NC(=O)COCCCOCCCOc2ccc(NC(=O)CC3N=C(c4ccc(Cl)cc4)c4c(sc(C)c4C)-n4c(C(C)C)nnc43)cc2)C(C)(C)C)cc1. The molecule has 16 nitrogen and oxygen atoms in total. The van der Waals surface area contributed by atoms with Crippen LogP contribution in [0.1, 0.15) is 123 Å². The smallest absolute Gasteiger partial charge is 0.246 e. The highest BCUT2D eigenvalue weighted by Crippen LogP contribution is 2.41. The van der Waals surface area contributed by atoms with Crippen molar-refractivity contribution < 1.29 is 38.5 Å². The first-order chi connectivity index (χ1) is 36.9. The lowest BCUT2D eigenvalue weighted by atomic mass is 9.85. The van der Waals surface area contributed by atoms with E-state index >= 15 is 0 Å². The van der Waals surface area contributed by atoms with Crippen LogP contribution in [0.25, 0.3) is 15.4 Å². The van der Waals surface area contributed by atoms with E-state index in [1.165, 1.54) is 9.78 Å². The number of ether oxygens (including phenoxy) is 3. The maximum absolute atomic E-state index is 14.0. The van der Waals surface area contributed by atoms with Crippen LogP contribution in [-0.4, -0.2) is 117 Å². The number of nitrogens with zero attached hydrogens (tertiary/aromatic N) is 6. The molecule has 6 aromatic rings. The lowest BCUT2D eigenvalue weighted by molar-refractivity contribution is -0.144. The van der Waals surface area contributed by atoms with Gasteiger partial charge in [0.25, 0.3) is 0 Å². The summed E-state index contributed by atoms with van der Waals surface area (Å²) in [5, 5.41) is 27.3. The maximum Gasteiger partial charge on any atom is 0.246 e. The van der Waals surface area contributed by atoms with Crippen molar-refractivity contribution in [1.82, 2.24) is 30.0 Å². The van der Waals surface area contributed by atoms with E-state index in [1.54, 1.807) is 34.8 Å². The molecule has 3 aromatic heterocycles. The Bertz CT molecular complexity index is 3050. The van der Waals surface area contributed by atoms with Crippen LogP contribution in [-0.2, 0) is 35.1 Å². The molecule has 0 radical (unpaired) electrons. The van der Waals surface area contributed by atoms with Gasteiger partial charge in [-0.2, -0.15) is 0 Å². The third kappa shape index (κ3) is 14.1. The summed E-state index contributed by atoms with van der Waals surface area (Å²) in [7, 11) is 0. The number of anilines is 1. The van der Waals surface area contributed by atoms with Gasteiger partial charge in [0.2, 0.25) is 17.7 Å². The number of carbonyl (C=O) groups excluding carboxylic acids is 4. The number of aryl methyl sites for hydroxylation is 3. The van der Waals surface area contributed by atoms with Gasteiger partial charge in [-0.1, -0.05) is 82.6 Å². The summed E-state index contributed by atoms with van der Waals surface area (Å²) in [4.78, 5) is 67.7. The number of amides is 3. The molecule has 0 spiro atoms. The molecular formula is C58H69ClN8O8S2. The number of hydrogen-bond acceptors (Lipinski definition) is 14. The van der Waals surface area contributed by atoms with Crippen LogP contribution >= 0.6 is 34.3 Å². The van der Waals surface area contributed by atoms with Crippen LogP contribution in [0, 0.1) is 26.2 Å².